The highest BCUT2D eigenvalue weighted by Gasteiger charge is 2.67. The second-order valence-corrected chi connectivity index (χ2v) is 11.3. The minimum Gasteiger partial charge on any atom is -0.290 e. The lowest BCUT2D eigenvalue weighted by molar-refractivity contribution is -0.140. The van der Waals surface area contributed by atoms with Crippen molar-refractivity contribution in [2.75, 3.05) is 11.6 Å². The van der Waals surface area contributed by atoms with Crippen molar-refractivity contribution < 1.29 is 14.4 Å². The molecule has 0 spiro atoms. The molecule has 3 fully saturated rings. The number of hydrogen-bond donors (Lipinski definition) is 0. The average molecular weight is 540 g/mol. The van der Waals surface area contributed by atoms with E-state index in [0.717, 1.165) is 22.0 Å². The number of rotatable bonds is 4. The topological polar surface area (TPSA) is 57.7 Å². The number of anilines is 1. The fourth-order valence-corrected chi connectivity index (χ4v) is 6.74. The van der Waals surface area contributed by atoms with Gasteiger partial charge in [0.05, 0.1) is 11.8 Å². The summed E-state index contributed by atoms with van der Waals surface area (Å²) in [5.41, 5.74) is 3.04. The van der Waals surface area contributed by atoms with E-state index in [1.807, 2.05) is 26.0 Å². The van der Waals surface area contributed by atoms with Gasteiger partial charge in [-0.15, -0.1) is 0 Å². The number of benzene rings is 2. The molecule has 2 bridgehead atoms. The van der Waals surface area contributed by atoms with Gasteiger partial charge in [-0.05, 0) is 91.5 Å². The van der Waals surface area contributed by atoms with E-state index in [1.54, 1.807) is 29.2 Å². The zero-order chi connectivity index (χ0) is 23.9. The monoisotopic (exact) mass is 538 g/mol. The molecule has 1 aliphatic heterocycles. The van der Waals surface area contributed by atoms with Gasteiger partial charge in [0.1, 0.15) is 6.67 Å². The van der Waals surface area contributed by atoms with Gasteiger partial charge in [-0.25, -0.2) is 0 Å². The predicted molar refractivity (Wildman–Crippen MR) is 133 cm³/mol. The smallest absolute Gasteiger partial charge is 0.259 e. The van der Waals surface area contributed by atoms with Crippen molar-refractivity contribution in [2.24, 2.45) is 35.5 Å². The molecule has 5 aliphatic rings. The normalized spacial score (nSPS) is 30.4. The zero-order valence-corrected chi connectivity index (χ0v) is 21.2. The minimum absolute atomic E-state index is 0.0958. The van der Waals surface area contributed by atoms with E-state index < -0.39 is 0 Å². The molecule has 5 nitrogen and oxygen atoms in total. The first-order valence-corrected chi connectivity index (χ1v) is 12.8. The maximum absolute atomic E-state index is 13.7. The van der Waals surface area contributed by atoms with Crippen molar-refractivity contribution >= 4 is 50.9 Å². The van der Waals surface area contributed by atoms with Gasteiger partial charge in [0.2, 0.25) is 11.8 Å². The molecule has 2 saturated carbocycles. The Hall–Kier alpha value is -2.44. The number of hydrogen-bond acceptors (Lipinski definition) is 3. The number of carbonyl (C=O) groups is 3. The maximum Gasteiger partial charge on any atom is 0.259 e. The lowest BCUT2D eigenvalue weighted by Crippen LogP contribution is -2.45. The van der Waals surface area contributed by atoms with E-state index in [9.17, 15) is 14.4 Å². The fraction of sp³-hybridized carbons (Fsp3) is 0.370. The van der Waals surface area contributed by atoms with Crippen molar-refractivity contribution in [1.29, 1.82) is 0 Å². The van der Waals surface area contributed by atoms with E-state index in [-0.39, 0.29) is 48.1 Å². The molecular weight excluding hydrogens is 516 g/mol. The summed E-state index contributed by atoms with van der Waals surface area (Å²) in [6.45, 7) is 3.82. The summed E-state index contributed by atoms with van der Waals surface area (Å²) in [7, 11) is 0. The second kappa shape index (κ2) is 7.79. The summed E-state index contributed by atoms with van der Waals surface area (Å²) in [5.74, 6) is 0.251. The lowest BCUT2D eigenvalue weighted by atomic mass is 9.63. The molecule has 6 atom stereocenters. The Morgan fingerprint density at radius 3 is 2.06 bits per heavy atom. The number of carbonyl (C=O) groups excluding carboxylic acids is 3. The largest absolute Gasteiger partial charge is 0.290 e. The highest BCUT2D eigenvalue weighted by Crippen LogP contribution is 2.65. The Kier molecular flexibility index (Phi) is 5.05. The predicted octanol–water partition coefficient (Wildman–Crippen LogP) is 5.38. The molecule has 3 amide bonds. The van der Waals surface area contributed by atoms with Crippen LogP contribution in [0.5, 0.6) is 0 Å². The summed E-state index contributed by atoms with van der Waals surface area (Å²) in [6.07, 6.45) is 5.44. The SMILES string of the molecule is Cc1cc(N(CN2C(=O)C3C4C=CC(C5CC45)C3C2=O)C(=O)c2ccc(Cl)cc2)cc(C)c1Br. The van der Waals surface area contributed by atoms with Crippen LogP contribution in [-0.4, -0.2) is 29.3 Å². The molecule has 6 unspecified atom stereocenters. The molecule has 0 aromatic heterocycles. The Labute approximate surface area is 211 Å². The van der Waals surface area contributed by atoms with E-state index in [2.05, 4.69) is 28.1 Å². The van der Waals surface area contributed by atoms with Crippen molar-refractivity contribution in [3.63, 3.8) is 0 Å². The molecule has 1 saturated heterocycles. The Morgan fingerprint density at radius 1 is 1.00 bits per heavy atom. The van der Waals surface area contributed by atoms with Crippen molar-refractivity contribution in [1.82, 2.24) is 4.90 Å². The van der Waals surface area contributed by atoms with Crippen molar-refractivity contribution in [3.05, 3.63) is 74.7 Å². The zero-order valence-electron chi connectivity index (χ0n) is 18.9. The first-order chi connectivity index (χ1) is 16.3. The maximum atomic E-state index is 13.7. The number of amides is 3. The minimum atomic E-state index is -0.285. The van der Waals surface area contributed by atoms with Crippen LogP contribution in [0.2, 0.25) is 5.02 Å². The molecule has 2 aromatic carbocycles. The van der Waals surface area contributed by atoms with Gasteiger partial charge >= 0.3 is 0 Å². The van der Waals surface area contributed by atoms with Crippen molar-refractivity contribution in [3.8, 4) is 0 Å². The van der Waals surface area contributed by atoms with E-state index in [0.29, 0.717) is 28.1 Å². The van der Waals surface area contributed by atoms with Crippen LogP contribution in [-0.2, 0) is 9.59 Å². The molecule has 7 rings (SSSR count). The molecule has 174 valence electrons. The fourth-order valence-electron chi connectivity index (χ4n) is 6.39. The van der Waals surface area contributed by atoms with Crippen LogP contribution in [0.1, 0.15) is 27.9 Å². The van der Waals surface area contributed by atoms with Crippen LogP contribution >= 0.6 is 27.5 Å². The standard InChI is InChI=1S/C27H24BrClN2O3/c1-13-9-17(10-14(2)24(13)28)30(25(32)15-3-5-16(29)6-4-15)12-31-26(33)22-18-7-8-19(21-11-20(18)21)23(22)27(31)34/h3-10,18-23H,11-12H2,1-2H3. The Balaban J connectivity index is 1.37. The van der Waals surface area contributed by atoms with Gasteiger partial charge in [0, 0.05) is 20.7 Å². The number of likely N-dealkylation sites (tertiary alicyclic amines) is 1. The van der Waals surface area contributed by atoms with Gasteiger partial charge in [-0.2, -0.15) is 0 Å². The number of aryl methyl sites for hydroxylation is 2. The summed E-state index contributed by atoms with van der Waals surface area (Å²) >= 11 is 9.62. The lowest BCUT2D eigenvalue weighted by Gasteiger charge is -2.37. The molecular formula is C27H24BrClN2O3. The van der Waals surface area contributed by atoms with Gasteiger partial charge in [0.25, 0.3) is 5.91 Å². The van der Waals surface area contributed by atoms with Crippen LogP contribution in [0, 0.1) is 49.4 Å². The summed E-state index contributed by atoms with van der Waals surface area (Å²) in [4.78, 5) is 43.7. The highest BCUT2D eigenvalue weighted by molar-refractivity contribution is 9.10. The molecule has 4 aliphatic carbocycles. The summed E-state index contributed by atoms with van der Waals surface area (Å²) in [6, 6.07) is 10.5. The van der Waals surface area contributed by atoms with Crippen LogP contribution in [0.25, 0.3) is 0 Å². The van der Waals surface area contributed by atoms with Crippen LogP contribution in [0.15, 0.2) is 53.0 Å². The van der Waals surface area contributed by atoms with Crippen LogP contribution in [0.3, 0.4) is 0 Å². The quantitative estimate of drug-likeness (QED) is 0.387. The van der Waals surface area contributed by atoms with Gasteiger partial charge in [0.15, 0.2) is 0 Å². The van der Waals surface area contributed by atoms with Gasteiger partial charge in [-0.1, -0.05) is 39.7 Å². The van der Waals surface area contributed by atoms with Crippen molar-refractivity contribution in [2.45, 2.75) is 20.3 Å². The number of nitrogens with zero attached hydrogens (tertiary/aromatic N) is 2. The van der Waals surface area contributed by atoms with Gasteiger partial charge < -0.3 is 0 Å². The molecule has 0 N–H and O–H groups in total. The van der Waals surface area contributed by atoms with Crippen LogP contribution in [0.4, 0.5) is 5.69 Å². The summed E-state index contributed by atoms with van der Waals surface area (Å²) in [5, 5.41) is 0.536. The average Bonchev–Trinajstić information content (AvgIpc) is 3.60. The Bertz CT molecular complexity index is 1210. The first kappa shape index (κ1) is 22.1. The highest BCUT2D eigenvalue weighted by atomic mass is 79.9. The Morgan fingerprint density at radius 2 is 1.53 bits per heavy atom. The molecule has 0 radical (unpaired) electrons. The molecule has 34 heavy (non-hydrogen) atoms. The van der Waals surface area contributed by atoms with E-state index in [1.165, 1.54) is 4.90 Å². The number of allylic oxidation sites excluding steroid dienone is 2. The molecule has 1 heterocycles. The van der Waals surface area contributed by atoms with E-state index >= 15 is 0 Å². The second-order valence-electron chi connectivity index (χ2n) is 10.0. The van der Waals surface area contributed by atoms with E-state index in [4.69, 9.17) is 11.6 Å². The third kappa shape index (κ3) is 3.22. The van der Waals surface area contributed by atoms with Crippen LogP contribution < -0.4 is 4.90 Å². The molecule has 7 heteroatoms. The first-order valence-electron chi connectivity index (χ1n) is 11.6. The third-order valence-corrected chi connectivity index (χ3v) is 9.61. The number of halogens is 2. The third-order valence-electron chi connectivity index (χ3n) is 8.11. The molecule has 2 aromatic rings. The summed E-state index contributed by atoms with van der Waals surface area (Å²) < 4.78 is 0.969. The number of imide groups is 1. The van der Waals surface area contributed by atoms with Gasteiger partial charge in [-0.3, -0.25) is 24.2 Å².